The fraction of sp³-hybridized carbons (Fsp3) is 0.667. The fourth-order valence-electron chi connectivity index (χ4n) is 1.06. The quantitative estimate of drug-likeness (QED) is 0.569. The second-order valence-electron chi connectivity index (χ2n) is 2.71. The van der Waals surface area contributed by atoms with Gasteiger partial charge in [-0.3, -0.25) is 4.99 Å². The summed E-state index contributed by atoms with van der Waals surface area (Å²) >= 11 is 0. The highest BCUT2D eigenvalue weighted by molar-refractivity contribution is 5.71. The molecule has 0 N–H and O–H groups in total. The molecule has 1 aliphatic rings. The highest BCUT2D eigenvalue weighted by atomic mass is 16.5. The van der Waals surface area contributed by atoms with Gasteiger partial charge >= 0.3 is 0 Å². The van der Waals surface area contributed by atoms with Gasteiger partial charge in [0.15, 0.2) is 6.23 Å². The van der Waals surface area contributed by atoms with Crippen molar-refractivity contribution in [3.63, 3.8) is 0 Å². The van der Waals surface area contributed by atoms with Crippen LogP contribution in [0.1, 0.15) is 32.6 Å². The zero-order chi connectivity index (χ0) is 7.94. The van der Waals surface area contributed by atoms with Crippen molar-refractivity contribution in [1.82, 2.24) is 0 Å². The summed E-state index contributed by atoms with van der Waals surface area (Å²) in [6, 6.07) is 0. The average Bonchev–Trinajstić information content (AvgIpc) is 2.07. The molecule has 1 atom stereocenters. The smallest absolute Gasteiger partial charge is 0.188 e. The minimum atomic E-state index is 0.0894. The second-order valence-corrected chi connectivity index (χ2v) is 2.71. The molecule has 1 heterocycles. The summed E-state index contributed by atoms with van der Waals surface area (Å²) in [6.07, 6.45) is 10.2. The van der Waals surface area contributed by atoms with Gasteiger partial charge in [-0.25, -0.2) is 0 Å². The van der Waals surface area contributed by atoms with Crippen LogP contribution in [0.4, 0.5) is 0 Å². The number of nitrogens with zero attached hydrogens (tertiary/aromatic N) is 1. The first kappa shape index (κ1) is 8.31. The molecule has 2 heteroatoms. The van der Waals surface area contributed by atoms with Crippen LogP contribution in [0.2, 0.25) is 0 Å². The molecule has 1 rings (SSSR count). The Morgan fingerprint density at radius 3 is 3.00 bits per heavy atom. The van der Waals surface area contributed by atoms with Gasteiger partial charge in [-0.05, 0) is 12.5 Å². The van der Waals surface area contributed by atoms with E-state index in [9.17, 15) is 0 Å². The van der Waals surface area contributed by atoms with Crippen molar-refractivity contribution in [2.45, 2.75) is 38.8 Å². The molecule has 0 bridgehead atoms. The van der Waals surface area contributed by atoms with E-state index in [2.05, 4.69) is 11.9 Å². The van der Waals surface area contributed by atoms with Gasteiger partial charge in [-0.2, -0.15) is 0 Å². The lowest BCUT2D eigenvalue weighted by molar-refractivity contribution is 0.138. The number of allylic oxidation sites excluding steroid dienone is 1. The zero-order valence-electron chi connectivity index (χ0n) is 6.99. The largest absolute Gasteiger partial charge is 0.476 e. The molecule has 1 unspecified atom stereocenters. The molecule has 0 aromatic heterocycles. The first-order chi connectivity index (χ1) is 5.43. The minimum Gasteiger partial charge on any atom is -0.476 e. The lowest BCUT2D eigenvalue weighted by Gasteiger charge is -2.13. The molecule has 62 valence electrons. The van der Waals surface area contributed by atoms with Gasteiger partial charge in [0.05, 0.1) is 6.26 Å². The first-order valence-corrected chi connectivity index (χ1v) is 4.27. The van der Waals surface area contributed by atoms with Gasteiger partial charge in [0, 0.05) is 12.6 Å². The van der Waals surface area contributed by atoms with Crippen molar-refractivity contribution in [3.8, 4) is 0 Å². The maximum Gasteiger partial charge on any atom is 0.188 e. The van der Waals surface area contributed by atoms with E-state index >= 15 is 0 Å². The molecule has 0 aromatic carbocycles. The van der Waals surface area contributed by atoms with E-state index in [4.69, 9.17) is 4.74 Å². The Morgan fingerprint density at radius 2 is 2.36 bits per heavy atom. The molecule has 11 heavy (non-hydrogen) atoms. The normalized spacial score (nSPS) is 21.7. The van der Waals surface area contributed by atoms with Gasteiger partial charge in [0.25, 0.3) is 0 Å². The van der Waals surface area contributed by atoms with Crippen LogP contribution in [0.3, 0.4) is 0 Å². The van der Waals surface area contributed by atoms with Crippen molar-refractivity contribution in [1.29, 1.82) is 0 Å². The van der Waals surface area contributed by atoms with Gasteiger partial charge < -0.3 is 4.74 Å². The Kier molecular flexibility index (Phi) is 3.73. The van der Waals surface area contributed by atoms with E-state index in [-0.39, 0.29) is 6.23 Å². The molecule has 0 aliphatic carbocycles. The van der Waals surface area contributed by atoms with E-state index < -0.39 is 0 Å². The molecule has 0 radical (unpaired) electrons. The summed E-state index contributed by atoms with van der Waals surface area (Å²) in [6.45, 7) is 2.20. The standard InChI is InChI=1S/C9H15NO/c1-2-3-4-6-9-10-7-5-8-11-9/h5,7-9H,2-4,6H2,1H3. The molecular weight excluding hydrogens is 138 g/mol. The molecule has 2 nitrogen and oxygen atoms in total. The Morgan fingerprint density at radius 1 is 1.45 bits per heavy atom. The first-order valence-electron chi connectivity index (χ1n) is 4.27. The van der Waals surface area contributed by atoms with Crippen LogP contribution >= 0.6 is 0 Å². The summed E-state index contributed by atoms with van der Waals surface area (Å²) in [5.41, 5.74) is 0. The van der Waals surface area contributed by atoms with Crippen LogP contribution in [0.25, 0.3) is 0 Å². The number of unbranched alkanes of at least 4 members (excludes halogenated alkanes) is 2. The monoisotopic (exact) mass is 153 g/mol. The Labute approximate surface area is 68.0 Å². The van der Waals surface area contributed by atoms with Crippen molar-refractivity contribution in [2.24, 2.45) is 4.99 Å². The molecule has 1 aliphatic heterocycles. The SMILES string of the molecule is CCCCCC1N=CC=CO1. The highest BCUT2D eigenvalue weighted by Gasteiger charge is 2.04. The highest BCUT2D eigenvalue weighted by Crippen LogP contribution is 2.09. The van der Waals surface area contributed by atoms with E-state index in [0.29, 0.717) is 0 Å². The molecule has 0 saturated heterocycles. The van der Waals surface area contributed by atoms with Crippen LogP contribution in [-0.4, -0.2) is 12.4 Å². The summed E-state index contributed by atoms with van der Waals surface area (Å²) in [7, 11) is 0. The number of rotatable bonds is 4. The van der Waals surface area contributed by atoms with Crippen LogP contribution in [-0.2, 0) is 4.74 Å². The Balaban J connectivity index is 2.07. The van der Waals surface area contributed by atoms with Gasteiger partial charge in [0.1, 0.15) is 0 Å². The molecule has 0 aromatic rings. The van der Waals surface area contributed by atoms with Crippen molar-refractivity contribution in [2.75, 3.05) is 0 Å². The number of ether oxygens (including phenoxy) is 1. The maximum absolute atomic E-state index is 5.25. The maximum atomic E-state index is 5.25. The van der Waals surface area contributed by atoms with Gasteiger partial charge in [-0.1, -0.05) is 19.8 Å². The Bertz CT molecular complexity index is 152. The fourth-order valence-corrected chi connectivity index (χ4v) is 1.06. The number of aliphatic imine (C=N–C) groups is 1. The van der Waals surface area contributed by atoms with Crippen LogP contribution < -0.4 is 0 Å². The summed E-state index contributed by atoms with van der Waals surface area (Å²) < 4.78 is 5.25. The lowest BCUT2D eigenvalue weighted by atomic mass is 10.2. The van der Waals surface area contributed by atoms with Crippen molar-refractivity contribution in [3.05, 3.63) is 12.3 Å². The molecule has 0 amide bonds. The third kappa shape index (κ3) is 3.21. The summed E-state index contributed by atoms with van der Waals surface area (Å²) in [5, 5.41) is 0. The van der Waals surface area contributed by atoms with E-state index in [1.807, 2.05) is 6.08 Å². The van der Waals surface area contributed by atoms with Crippen LogP contribution in [0, 0.1) is 0 Å². The predicted molar refractivity (Wildman–Crippen MR) is 46.6 cm³/mol. The third-order valence-electron chi connectivity index (χ3n) is 1.71. The molecule has 0 saturated carbocycles. The second kappa shape index (κ2) is 4.94. The summed E-state index contributed by atoms with van der Waals surface area (Å²) in [5.74, 6) is 0. The summed E-state index contributed by atoms with van der Waals surface area (Å²) in [4.78, 5) is 4.17. The van der Waals surface area contributed by atoms with E-state index in [1.165, 1.54) is 19.3 Å². The average molecular weight is 153 g/mol. The van der Waals surface area contributed by atoms with Crippen LogP contribution in [0.5, 0.6) is 0 Å². The van der Waals surface area contributed by atoms with Crippen molar-refractivity contribution >= 4 is 6.21 Å². The van der Waals surface area contributed by atoms with Gasteiger partial charge in [0.2, 0.25) is 0 Å². The molecule has 0 fully saturated rings. The third-order valence-corrected chi connectivity index (χ3v) is 1.71. The van der Waals surface area contributed by atoms with E-state index in [1.54, 1.807) is 12.5 Å². The Hall–Kier alpha value is -0.790. The minimum absolute atomic E-state index is 0.0894. The predicted octanol–water partition coefficient (Wildman–Crippen LogP) is 2.51. The molecular formula is C9H15NO. The van der Waals surface area contributed by atoms with Gasteiger partial charge in [-0.15, -0.1) is 0 Å². The van der Waals surface area contributed by atoms with Crippen molar-refractivity contribution < 1.29 is 4.74 Å². The molecule has 0 spiro atoms. The topological polar surface area (TPSA) is 21.6 Å². The number of hydrogen-bond acceptors (Lipinski definition) is 2. The van der Waals surface area contributed by atoms with E-state index in [0.717, 1.165) is 6.42 Å². The number of hydrogen-bond donors (Lipinski definition) is 0. The lowest BCUT2D eigenvalue weighted by Crippen LogP contribution is -2.08. The zero-order valence-corrected chi connectivity index (χ0v) is 6.99. The van der Waals surface area contributed by atoms with Crippen LogP contribution in [0.15, 0.2) is 17.3 Å².